The Bertz CT molecular complexity index is 562. The van der Waals surface area contributed by atoms with Gasteiger partial charge < -0.3 is 15.4 Å². The summed E-state index contributed by atoms with van der Waals surface area (Å²) in [6, 6.07) is 0.948. The molecule has 1 saturated carbocycles. The Labute approximate surface area is 107 Å². The number of H-pyrrole nitrogens is 1. The molecule has 1 aliphatic rings. The van der Waals surface area contributed by atoms with Crippen LogP contribution in [0.15, 0.2) is 17.1 Å². The standard InChI is InChI=1S/C11H13N3O5/c15-8-1-6(2-8)4-12-10(16)9-3-7(14(18)19)5-13-11(9)17/h3,5-6,8,15H,1-2,4H2,(H,12,16)(H,13,17). The molecule has 1 aromatic rings. The van der Waals surface area contributed by atoms with Crippen LogP contribution in [-0.2, 0) is 0 Å². The molecule has 0 atom stereocenters. The zero-order valence-corrected chi connectivity index (χ0v) is 9.96. The Morgan fingerprint density at radius 1 is 1.58 bits per heavy atom. The lowest BCUT2D eigenvalue weighted by Gasteiger charge is -2.31. The van der Waals surface area contributed by atoms with Crippen molar-refractivity contribution < 1.29 is 14.8 Å². The number of aromatic nitrogens is 1. The van der Waals surface area contributed by atoms with Crippen LogP contribution in [0.5, 0.6) is 0 Å². The highest BCUT2D eigenvalue weighted by Gasteiger charge is 2.27. The van der Waals surface area contributed by atoms with E-state index in [0.29, 0.717) is 19.4 Å². The summed E-state index contributed by atoms with van der Waals surface area (Å²) in [5.41, 5.74) is -1.30. The highest BCUT2D eigenvalue weighted by Crippen LogP contribution is 2.26. The third-order valence-electron chi connectivity index (χ3n) is 3.11. The van der Waals surface area contributed by atoms with Crippen LogP contribution in [0.1, 0.15) is 23.2 Å². The molecule has 0 radical (unpaired) electrons. The Morgan fingerprint density at radius 3 is 2.84 bits per heavy atom. The number of carbonyl (C=O) groups excluding carboxylic acids is 1. The van der Waals surface area contributed by atoms with Gasteiger partial charge in [0, 0.05) is 12.6 Å². The molecular formula is C11H13N3O5. The van der Waals surface area contributed by atoms with Crippen molar-refractivity contribution in [2.24, 2.45) is 5.92 Å². The maximum atomic E-state index is 11.8. The summed E-state index contributed by atoms with van der Waals surface area (Å²) >= 11 is 0. The molecule has 8 nitrogen and oxygen atoms in total. The lowest BCUT2D eigenvalue weighted by molar-refractivity contribution is -0.385. The molecule has 19 heavy (non-hydrogen) atoms. The fourth-order valence-corrected chi connectivity index (χ4v) is 1.95. The number of nitro groups is 1. The number of carbonyl (C=O) groups is 1. The zero-order chi connectivity index (χ0) is 14.0. The Kier molecular flexibility index (Phi) is 3.61. The van der Waals surface area contributed by atoms with E-state index < -0.39 is 16.4 Å². The Balaban J connectivity index is 2.03. The largest absolute Gasteiger partial charge is 0.393 e. The SMILES string of the molecule is O=C(NCC1CC(O)C1)c1cc([N+](=O)[O-])c[nH]c1=O. The Hall–Kier alpha value is -2.22. The van der Waals surface area contributed by atoms with Crippen LogP contribution < -0.4 is 10.9 Å². The van der Waals surface area contributed by atoms with Gasteiger partial charge in [0.25, 0.3) is 17.2 Å². The van der Waals surface area contributed by atoms with E-state index in [0.717, 1.165) is 12.3 Å². The summed E-state index contributed by atoms with van der Waals surface area (Å²) in [6.45, 7) is 0.345. The molecule has 3 N–H and O–H groups in total. The lowest BCUT2D eigenvalue weighted by atomic mass is 9.82. The van der Waals surface area contributed by atoms with Crippen molar-refractivity contribution in [3.63, 3.8) is 0 Å². The number of aliphatic hydroxyl groups excluding tert-OH is 1. The monoisotopic (exact) mass is 267 g/mol. The number of hydrogen-bond donors (Lipinski definition) is 3. The summed E-state index contributed by atoms with van der Waals surface area (Å²) < 4.78 is 0. The van der Waals surface area contributed by atoms with E-state index in [2.05, 4.69) is 10.3 Å². The molecule has 1 fully saturated rings. The molecule has 0 aromatic carbocycles. The number of aliphatic hydroxyl groups is 1. The normalized spacial score (nSPS) is 21.5. The summed E-state index contributed by atoms with van der Waals surface area (Å²) in [6.07, 6.45) is 1.86. The van der Waals surface area contributed by atoms with Crippen LogP contribution in [0.4, 0.5) is 5.69 Å². The van der Waals surface area contributed by atoms with Crippen molar-refractivity contribution in [1.82, 2.24) is 10.3 Å². The van der Waals surface area contributed by atoms with Crippen LogP contribution in [-0.4, -0.2) is 33.6 Å². The molecule has 1 heterocycles. The minimum Gasteiger partial charge on any atom is -0.393 e. The third-order valence-corrected chi connectivity index (χ3v) is 3.11. The third kappa shape index (κ3) is 2.97. The van der Waals surface area contributed by atoms with Crippen molar-refractivity contribution in [2.45, 2.75) is 18.9 Å². The number of nitrogens with one attached hydrogen (secondary N) is 2. The molecule has 0 saturated heterocycles. The topological polar surface area (TPSA) is 125 Å². The Morgan fingerprint density at radius 2 is 2.26 bits per heavy atom. The average Bonchev–Trinajstić information content (AvgIpc) is 2.33. The van der Waals surface area contributed by atoms with Crippen molar-refractivity contribution in [1.29, 1.82) is 0 Å². The molecule has 8 heteroatoms. The number of nitrogens with zero attached hydrogens (tertiary/aromatic N) is 1. The molecule has 102 valence electrons. The predicted octanol–water partition coefficient (Wildman–Crippen LogP) is -0.216. The second-order valence-corrected chi connectivity index (χ2v) is 4.56. The fourth-order valence-electron chi connectivity index (χ4n) is 1.95. The lowest BCUT2D eigenvalue weighted by Crippen LogP contribution is -2.39. The van der Waals surface area contributed by atoms with E-state index >= 15 is 0 Å². The number of pyridine rings is 1. The van der Waals surface area contributed by atoms with Gasteiger partial charge in [0.1, 0.15) is 5.56 Å². The van der Waals surface area contributed by atoms with Gasteiger partial charge in [-0.25, -0.2) is 0 Å². The van der Waals surface area contributed by atoms with Gasteiger partial charge in [-0.2, -0.15) is 0 Å². The van der Waals surface area contributed by atoms with E-state index in [-0.39, 0.29) is 23.3 Å². The highest BCUT2D eigenvalue weighted by molar-refractivity contribution is 5.94. The molecule has 1 aromatic heterocycles. The maximum Gasteiger partial charge on any atom is 0.286 e. The summed E-state index contributed by atoms with van der Waals surface area (Å²) in [5, 5.41) is 22.2. The minimum atomic E-state index is -0.686. The molecular weight excluding hydrogens is 254 g/mol. The van der Waals surface area contributed by atoms with Gasteiger partial charge in [-0.1, -0.05) is 0 Å². The summed E-state index contributed by atoms with van der Waals surface area (Å²) in [7, 11) is 0. The van der Waals surface area contributed by atoms with Crippen LogP contribution >= 0.6 is 0 Å². The van der Waals surface area contributed by atoms with Crippen LogP contribution in [0.25, 0.3) is 0 Å². The van der Waals surface area contributed by atoms with E-state index in [4.69, 9.17) is 5.11 Å². The number of aromatic amines is 1. The molecule has 0 aliphatic heterocycles. The number of hydrogen-bond acceptors (Lipinski definition) is 5. The quantitative estimate of drug-likeness (QED) is 0.514. The van der Waals surface area contributed by atoms with E-state index in [9.17, 15) is 19.7 Å². The van der Waals surface area contributed by atoms with Crippen molar-refractivity contribution >= 4 is 11.6 Å². The van der Waals surface area contributed by atoms with Crippen molar-refractivity contribution in [3.05, 3.63) is 38.3 Å². The first kappa shape index (κ1) is 13.2. The molecule has 2 rings (SSSR count). The molecule has 1 amide bonds. The van der Waals surface area contributed by atoms with Crippen molar-refractivity contribution in [2.75, 3.05) is 6.54 Å². The van der Waals surface area contributed by atoms with Gasteiger partial charge in [-0.05, 0) is 18.8 Å². The second kappa shape index (κ2) is 5.19. The van der Waals surface area contributed by atoms with E-state index in [1.165, 1.54) is 0 Å². The van der Waals surface area contributed by atoms with Gasteiger partial charge in [0.05, 0.1) is 17.2 Å². The second-order valence-electron chi connectivity index (χ2n) is 4.56. The van der Waals surface area contributed by atoms with Gasteiger partial charge in [-0.15, -0.1) is 0 Å². The molecule has 0 bridgehead atoms. The zero-order valence-electron chi connectivity index (χ0n) is 9.96. The van der Waals surface area contributed by atoms with E-state index in [1.54, 1.807) is 0 Å². The molecule has 1 aliphatic carbocycles. The summed E-state index contributed by atoms with van der Waals surface area (Å²) in [4.78, 5) is 35.2. The molecule has 0 unspecified atom stereocenters. The fraction of sp³-hybridized carbons (Fsp3) is 0.455. The van der Waals surface area contributed by atoms with Crippen molar-refractivity contribution in [3.8, 4) is 0 Å². The number of amides is 1. The van der Waals surface area contributed by atoms with E-state index in [1.807, 2.05) is 0 Å². The van der Waals surface area contributed by atoms with Crippen LogP contribution in [0.3, 0.4) is 0 Å². The van der Waals surface area contributed by atoms with Gasteiger partial charge in [-0.3, -0.25) is 19.7 Å². The first-order chi connectivity index (χ1) is 8.97. The maximum absolute atomic E-state index is 11.8. The molecule has 0 spiro atoms. The first-order valence-electron chi connectivity index (χ1n) is 5.80. The van der Waals surface area contributed by atoms with Crippen LogP contribution in [0, 0.1) is 16.0 Å². The smallest absolute Gasteiger partial charge is 0.286 e. The predicted molar refractivity (Wildman–Crippen MR) is 64.8 cm³/mol. The highest BCUT2D eigenvalue weighted by atomic mass is 16.6. The van der Waals surface area contributed by atoms with Crippen LogP contribution in [0.2, 0.25) is 0 Å². The average molecular weight is 267 g/mol. The summed E-state index contributed by atoms with van der Waals surface area (Å²) in [5.74, 6) is -0.455. The van der Waals surface area contributed by atoms with Gasteiger partial charge in [0.15, 0.2) is 0 Å². The number of rotatable bonds is 4. The van der Waals surface area contributed by atoms with Gasteiger partial charge >= 0.3 is 0 Å². The minimum absolute atomic E-state index is 0.191. The first-order valence-corrected chi connectivity index (χ1v) is 5.80. The van der Waals surface area contributed by atoms with Gasteiger partial charge in [0.2, 0.25) is 0 Å².